The zero-order valence-corrected chi connectivity index (χ0v) is 14.3. The number of carbonyl (C=O) groups excluding carboxylic acids is 1. The molecule has 0 fully saturated rings. The summed E-state index contributed by atoms with van der Waals surface area (Å²) in [5.41, 5.74) is 3.22. The van der Waals surface area contributed by atoms with Gasteiger partial charge in [0, 0.05) is 37.4 Å². The monoisotopic (exact) mass is 321 g/mol. The average Bonchev–Trinajstić information content (AvgIpc) is 2.98. The van der Waals surface area contributed by atoms with Gasteiger partial charge in [0.25, 0.3) is 0 Å². The third-order valence-electron chi connectivity index (χ3n) is 4.39. The standard InChI is InChI=1S/C21H23NO2/c1-3-19-18(17-11-7-8-12-20(17)24-19)15-22(2)21(23)14-13-16-9-5-4-6-10-16/h4-12H,3,13-15H2,1-2H3. The van der Waals surface area contributed by atoms with Gasteiger partial charge in [-0.25, -0.2) is 0 Å². The number of furan rings is 1. The summed E-state index contributed by atoms with van der Waals surface area (Å²) in [5.74, 6) is 1.13. The molecule has 0 aliphatic rings. The Hall–Kier alpha value is -2.55. The lowest BCUT2D eigenvalue weighted by atomic mass is 10.1. The first kappa shape index (κ1) is 16.3. The van der Waals surface area contributed by atoms with Crippen LogP contribution in [-0.2, 0) is 24.2 Å². The lowest BCUT2D eigenvalue weighted by molar-refractivity contribution is -0.130. The van der Waals surface area contributed by atoms with Crippen molar-refractivity contribution in [3.05, 3.63) is 71.5 Å². The van der Waals surface area contributed by atoms with Crippen molar-refractivity contribution in [1.29, 1.82) is 0 Å². The zero-order valence-electron chi connectivity index (χ0n) is 14.3. The van der Waals surface area contributed by atoms with Gasteiger partial charge in [0.1, 0.15) is 11.3 Å². The summed E-state index contributed by atoms with van der Waals surface area (Å²) in [5, 5.41) is 1.11. The van der Waals surface area contributed by atoms with E-state index in [1.54, 1.807) is 4.90 Å². The smallest absolute Gasteiger partial charge is 0.222 e. The maximum absolute atomic E-state index is 12.5. The fourth-order valence-corrected chi connectivity index (χ4v) is 3.02. The van der Waals surface area contributed by atoms with Crippen molar-refractivity contribution in [2.24, 2.45) is 0 Å². The van der Waals surface area contributed by atoms with Crippen LogP contribution < -0.4 is 0 Å². The molecule has 2 aromatic carbocycles. The van der Waals surface area contributed by atoms with Crippen LogP contribution in [0.4, 0.5) is 0 Å². The number of aryl methyl sites for hydroxylation is 2. The molecule has 0 saturated heterocycles. The average molecular weight is 321 g/mol. The van der Waals surface area contributed by atoms with E-state index >= 15 is 0 Å². The number of nitrogens with zero attached hydrogens (tertiary/aromatic N) is 1. The van der Waals surface area contributed by atoms with Gasteiger partial charge in [0.05, 0.1) is 0 Å². The Morgan fingerprint density at radius 3 is 2.50 bits per heavy atom. The zero-order chi connectivity index (χ0) is 16.9. The summed E-state index contributed by atoms with van der Waals surface area (Å²) in [6, 6.07) is 18.2. The van der Waals surface area contributed by atoms with Crippen LogP contribution in [0.5, 0.6) is 0 Å². The minimum atomic E-state index is 0.159. The Morgan fingerprint density at radius 2 is 1.75 bits per heavy atom. The van der Waals surface area contributed by atoms with Gasteiger partial charge in [-0.05, 0) is 18.1 Å². The summed E-state index contributed by atoms with van der Waals surface area (Å²) in [6.07, 6.45) is 2.13. The Balaban J connectivity index is 1.70. The summed E-state index contributed by atoms with van der Waals surface area (Å²) in [7, 11) is 1.87. The van der Waals surface area contributed by atoms with Crippen molar-refractivity contribution < 1.29 is 9.21 Å². The molecule has 24 heavy (non-hydrogen) atoms. The van der Waals surface area contributed by atoms with Crippen LogP contribution in [0.3, 0.4) is 0 Å². The number of fused-ring (bicyclic) bond motifs is 1. The molecule has 0 aliphatic carbocycles. The third kappa shape index (κ3) is 3.51. The molecular formula is C21H23NO2. The van der Waals surface area contributed by atoms with Gasteiger partial charge in [0.2, 0.25) is 5.91 Å². The van der Waals surface area contributed by atoms with Gasteiger partial charge in [-0.1, -0.05) is 55.5 Å². The quantitative estimate of drug-likeness (QED) is 0.665. The van der Waals surface area contributed by atoms with E-state index < -0.39 is 0 Å². The lowest BCUT2D eigenvalue weighted by Gasteiger charge is -2.17. The molecule has 3 heteroatoms. The molecule has 3 rings (SSSR count). The molecule has 0 aliphatic heterocycles. The van der Waals surface area contributed by atoms with Gasteiger partial charge >= 0.3 is 0 Å². The minimum absolute atomic E-state index is 0.159. The van der Waals surface area contributed by atoms with E-state index in [0.717, 1.165) is 35.1 Å². The second-order valence-corrected chi connectivity index (χ2v) is 6.09. The van der Waals surface area contributed by atoms with E-state index in [0.29, 0.717) is 13.0 Å². The summed E-state index contributed by atoms with van der Waals surface area (Å²) >= 11 is 0. The molecule has 1 aromatic heterocycles. The van der Waals surface area contributed by atoms with Gasteiger partial charge < -0.3 is 9.32 Å². The summed E-state index contributed by atoms with van der Waals surface area (Å²) in [6.45, 7) is 2.67. The minimum Gasteiger partial charge on any atom is -0.461 e. The van der Waals surface area contributed by atoms with Crippen molar-refractivity contribution in [3.8, 4) is 0 Å². The third-order valence-corrected chi connectivity index (χ3v) is 4.39. The van der Waals surface area contributed by atoms with Crippen molar-refractivity contribution in [2.45, 2.75) is 32.7 Å². The van der Waals surface area contributed by atoms with Crippen LogP contribution in [0.2, 0.25) is 0 Å². The van der Waals surface area contributed by atoms with Crippen LogP contribution >= 0.6 is 0 Å². The van der Waals surface area contributed by atoms with E-state index in [4.69, 9.17) is 4.42 Å². The number of hydrogen-bond acceptors (Lipinski definition) is 2. The molecule has 0 saturated carbocycles. The summed E-state index contributed by atoms with van der Waals surface area (Å²) < 4.78 is 5.92. The van der Waals surface area contributed by atoms with Crippen LogP contribution in [-0.4, -0.2) is 17.9 Å². The van der Waals surface area contributed by atoms with Gasteiger partial charge in [-0.3, -0.25) is 4.79 Å². The molecule has 1 heterocycles. The number of para-hydroxylation sites is 1. The van der Waals surface area contributed by atoms with Crippen LogP contribution in [0.15, 0.2) is 59.0 Å². The second-order valence-electron chi connectivity index (χ2n) is 6.09. The summed E-state index contributed by atoms with van der Waals surface area (Å²) in [4.78, 5) is 14.3. The molecule has 3 nitrogen and oxygen atoms in total. The first-order valence-electron chi connectivity index (χ1n) is 8.46. The van der Waals surface area contributed by atoms with E-state index in [9.17, 15) is 4.79 Å². The number of hydrogen-bond donors (Lipinski definition) is 0. The Morgan fingerprint density at radius 1 is 1.04 bits per heavy atom. The fraction of sp³-hybridized carbons (Fsp3) is 0.286. The van der Waals surface area contributed by atoms with Crippen molar-refractivity contribution in [1.82, 2.24) is 4.90 Å². The van der Waals surface area contributed by atoms with Crippen molar-refractivity contribution >= 4 is 16.9 Å². The number of rotatable bonds is 6. The number of benzene rings is 2. The predicted octanol–water partition coefficient (Wildman–Crippen LogP) is 4.59. The number of carbonyl (C=O) groups is 1. The predicted molar refractivity (Wildman–Crippen MR) is 96.8 cm³/mol. The topological polar surface area (TPSA) is 33.5 Å². The highest BCUT2D eigenvalue weighted by molar-refractivity contribution is 5.83. The molecule has 0 radical (unpaired) electrons. The largest absolute Gasteiger partial charge is 0.461 e. The molecule has 0 atom stereocenters. The maximum Gasteiger partial charge on any atom is 0.222 e. The van der Waals surface area contributed by atoms with E-state index in [1.807, 2.05) is 43.4 Å². The molecule has 0 unspecified atom stereocenters. The lowest BCUT2D eigenvalue weighted by Crippen LogP contribution is -2.26. The molecular weight excluding hydrogens is 298 g/mol. The maximum atomic E-state index is 12.5. The highest BCUT2D eigenvalue weighted by Gasteiger charge is 2.17. The van der Waals surface area contributed by atoms with Crippen LogP contribution in [0.1, 0.15) is 30.2 Å². The number of amides is 1. The van der Waals surface area contributed by atoms with Gasteiger partial charge in [-0.2, -0.15) is 0 Å². The second kappa shape index (κ2) is 7.35. The van der Waals surface area contributed by atoms with Crippen LogP contribution in [0, 0.1) is 0 Å². The molecule has 0 spiro atoms. The van der Waals surface area contributed by atoms with Crippen LogP contribution in [0.25, 0.3) is 11.0 Å². The van der Waals surface area contributed by atoms with Crippen molar-refractivity contribution in [3.63, 3.8) is 0 Å². The first-order chi connectivity index (χ1) is 11.7. The SMILES string of the molecule is CCc1oc2ccccc2c1CN(C)C(=O)CCc1ccccc1. The van der Waals surface area contributed by atoms with Gasteiger partial charge in [-0.15, -0.1) is 0 Å². The molecule has 1 amide bonds. The van der Waals surface area contributed by atoms with Gasteiger partial charge in [0.15, 0.2) is 0 Å². The highest BCUT2D eigenvalue weighted by atomic mass is 16.3. The molecule has 0 N–H and O–H groups in total. The Labute approximate surface area is 142 Å². The first-order valence-corrected chi connectivity index (χ1v) is 8.46. The molecule has 3 aromatic rings. The van der Waals surface area contributed by atoms with E-state index in [1.165, 1.54) is 5.56 Å². The molecule has 0 bridgehead atoms. The Kier molecular flexibility index (Phi) is 4.99. The Bertz CT molecular complexity index is 820. The fourth-order valence-electron chi connectivity index (χ4n) is 3.02. The normalized spacial score (nSPS) is 10.9. The molecule has 124 valence electrons. The van der Waals surface area contributed by atoms with E-state index in [-0.39, 0.29) is 5.91 Å². The van der Waals surface area contributed by atoms with E-state index in [2.05, 4.69) is 25.1 Å². The highest BCUT2D eigenvalue weighted by Crippen LogP contribution is 2.27. The van der Waals surface area contributed by atoms with Crippen molar-refractivity contribution in [2.75, 3.05) is 7.05 Å².